The Labute approximate surface area is 609 Å². The van der Waals surface area contributed by atoms with Gasteiger partial charge in [0.05, 0.1) is 125 Å². The normalized spacial score (nSPS) is 12.7. The number of fused-ring (bicyclic) bond motifs is 12. The number of aliphatic hydroxyl groups is 1. The van der Waals surface area contributed by atoms with E-state index in [9.17, 15) is 9.90 Å². The van der Waals surface area contributed by atoms with Crippen LogP contribution < -0.4 is 14.2 Å². The first-order chi connectivity index (χ1) is 52.3. The smallest absolute Gasteiger partial charge is 0.195 e. The summed E-state index contributed by atoms with van der Waals surface area (Å²) in [5, 5.41) is 30.6. The summed E-state index contributed by atoms with van der Waals surface area (Å²) in [6.07, 6.45) is 6.03. The Hall–Kier alpha value is -13.2. The van der Waals surface area contributed by atoms with E-state index in [1.165, 1.54) is 0 Å². The molecule has 25 nitrogen and oxygen atoms in total. The topological polar surface area (TPSA) is 319 Å². The first kappa shape index (κ1) is 67.0. The van der Waals surface area contributed by atoms with Gasteiger partial charge in [0.1, 0.15) is 63.9 Å². The van der Waals surface area contributed by atoms with E-state index >= 15 is 0 Å². The Kier molecular flexibility index (Phi) is 17.2. The van der Waals surface area contributed by atoms with Crippen LogP contribution in [0.15, 0.2) is 160 Å². The number of aldehydes is 1. The molecule has 0 unspecified atom stereocenters. The molecule has 530 valence electrons. The summed E-state index contributed by atoms with van der Waals surface area (Å²) in [5.41, 5.74) is 20.1. The molecule has 1 fully saturated rings. The standard InChI is InChI=1S/C30H28N6O3.C26H21N5O3.C26H19N5O3/c1-17-27(18(2)39-35-17)22-14-24-21(15-25(22)37-3)28-29(20-8-9-31-23-7-5-4-6-19(20)23)33-26(34-30(28)32-24)16-36-10-12-38-13-11-36;2*1-13-23(14(2)34-31-13)18-10-20-17(11-21(18)33-3)24-25(29-22(12-32)30-26(24)28-20)16-8-9-27-19-7-5-4-6-15(16)19/h4-9,14-15H,10-13,16H2,1-3H3,(H,32,33,34);4-11,32H,12H2,1-3H3,(H,28,29,30);4-12H,1-3H3,(H,28,29,30). The fourth-order valence-electron chi connectivity index (χ4n) is 14.9. The van der Waals surface area contributed by atoms with Crippen molar-refractivity contribution in [3.8, 4) is 84.4 Å². The monoisotopic (exact) mass is 1420 g/mol. The number of morpholine rings is 1. The van der Waals surface area contributed by atoms with E-state index in [2.05, 4.69) is 83.4 Å². The third kappa shape index (κ3) is 11.8. The molecule has 0 saturated carbocycles. The molecule has 19 rings (SSSR count). The summed E-state index contributed by atoms with van der Waals surface area (Å²) in [6.45, 7) is 15.0. The second-order valence-electron chi connectivity index (χ2n) is 26.1. The highest BCUT2D eigenvalue weighted by atomic mass is 16.5. The van der Waals surface area contributed by atoms with E-state index in [1.807, 2.05) is 157 Å². The molecular weight excluding hydrogens is 1350 g/mol. The van der Waals surface area contributed by atoms with E-state index in [0.29, 0.717) is 52.9 Å². The van der Waals surface area contributed by atoms with Crippen LogP contribution in [0.4, 0.5) is 0 Å². The number of carbonyl (C=O) groups is 1. The minimum atomic E-state index is -0.269. The number of para-hydroxylation sites is 3. The van der Waals surface area contributed by atoms with E-state index in [1.54, 1.807) is 33.7 Å². The molecular formula is C82H68N16O9. The SMILES string of the molecule is COc1cc2c(cc1-c1c(C)noc1C)[nH]c1nc(C=O)nc(-c3ccnc4ccccc34)c12.COc1cc2c(cc1-c1c(C)noc1C)[nH]c1nc(CN3CCOCC3)nc(-c3ccnc4ccccc34)c12.COc1cc2c(cc1-c1c(C)noc1C)[nH]c1nc(CO)nc(-c3ccnc4ccccc34)c12. The van der Waals surface area contributed by atoms with Gasteiger partial charge in [0.25, 0.3) is 0 Å². The van der Waals surface area contributed by atoms with Gasteiger partial charge in [-0.1, -0.05) is 70.1 Å². The lowest BCUT2D eigenvalue weighted by molar-refractivity contribution is 0.0331. The fraction of sp³-hybridized carbons (Fsp3) is 0.183. The first-order valence-electron chi connectivity index (χ1n) is 34.7. The predicted molar refractivity (Wildman–Crippen MR) is 408 cm³/mol. The zero-order chi connectivity index (χ0) is 73.3. The van der Waals surface area contributed by atoms with Crippen molar-refractivity contribution in [3.05, 3.63) is 198 Å². The van der Waals surface area contributed by atoms with Gasteiger partial charge in [-0.05, 0) is 114 Å². The maximum Gasteiger partial charge on any atom is 0.195 e. The quantitative estimate of drug-likeness (QED) is 0.0779. The van der Waals surface area contributed by atoms with Crippen molar-refractivity contribution in [2.45, 2.75) is 54.7 Å². The van der Waals surface area contributed by atoms with Crippen molar-refractivity contribution in [1.29, 1.82) is 0 Å². The number of nitrogens with one attached hydrogen (secondary N) is 3. The zero-order valence-corrected chi connectivity index (χ0v) is 59.7. The van der Waals surface area contributed by atoms with Crippen LogP contribution in [-0.4, -0.2) is 139 Å². The second-order valence-corrected chi connectivity index (χ2v) is 26.1. The van der Waals surface area contributed by atoms with Gasteiger partial charge in [-0.15, -0.1) is 0 Å². The average molecular weight is 1420 g/mol. The summed E-state index contributed by atoms with van der Waals surface area (Å²) in [5.74, 6) is 5.49. The van der Waals surface area contributed by atoms with Crippen LogP contribution in [0.3, 0.4) is 0 Å². The number of aryl methyl sites for hydroxylation is 6. The lowest BCUT2D eigenvalue weighted by atomic mass is 9.99. The number of hydrogen-bond donors (Lipinski definition) is 4. The van der Waals surface area contributed by atoms with E-state index in [0.717, 1.165) is 215 Å². The van der Waals surface area contributed by atoms with E-state index < -0.39 is 0 Å². The summed E-state index contributed by atoms with van der Waals surface area (Å²) < 4.78 is 39.3. The molecule has 0 amide bonds. The molecule has 18 aromatic rings. The Balaban J connectivity index is 0.000000118. The minimum absolute atomic E-state index is 0.105. The number of pyridine rings is 3. The maximum atomic E-state index is 11.7. The fourth-order valence-corrected chi connectivity index (χ4v) is 14.9. The number of ether oxygens (including phenoxy) is 4. The van der Waals surface area contributed by atoms with Crippen molar-refractivity contribution in [2.24, 2.45) is 0 Å². The highest BCUT2D eigenvalue weighted by Crippen LogP contribution is 2.47. The van der Waals surface area contributed by atoms with Gasteiger partial charge >= 0.3 is 0 Å². The number of aliphatic hydroxyl groups excluding tert-OH is 1. The molecule has 107 heavy (non-hydrogen) atoms. The molecule has 12 aromatic heterocycles. The zero-order valence-electron chi connectivity index (χ0n) is 59.7. The van der Waals surface area contributed by atoms with Crippen LogP contribution in [0.2, 0.25) is 0 Å². The van der Waals surface area contributed by atoms with Crippen LogP contribution in [0.25, 0.3) is 166 Å². The molecule has 0 atom stereocenters. The summed E-state index contributed by atoms with van der Waals surface area (Å²) in [7, 11) is 4.97. The van der Waals surface area contributed by atoms with Crippen molar-refractivity contribution < 1.29 is 42.4 Å². The van der Waals surface area contributed by atoms with Gasteiger partial charge in [0.15, 0.2) is 17.9 Å². The Bertz CT molecular complexity index is 6490. The van der Waals surface area contributed by atoms with Crippen LogP contribution in [0.5, 0.6) is 17.2 Å². The number of nitrogens with zero attached hydrogens (tertiary/aromatic N) is 13. The lowest BCUT2D eigenvalue weighted by Gasteiger charge is -2.25. The second kappa shape index (κ2) is 27.4. The molecule has 1 saturated heterocycles. The van der Waals surface area contributed by atoms with Gasteiger partial charge in [0.2, 0.25) is 0 Å². The summed E-state index contributed by atoms with van der Waals surface area (Å²) in [4.78, 5) is 66.6. The number of aromatic nitrogens is 15. The number of benzene rings is 6. The molecule has 0 bridgehead atoms. The van der Waals surface area contributed by atoms with Crippen LogP contribution in [0.1, 0.15) is 56.6 Å². The van der Waals surface area contributed by atoms with Gasteiger partial charge in [-0.2, -0.15) is 0 Å². The Morgan fingerprint density at radius 1 is 0.439 bits per heavy atom. The average Bonchev–Trinajstić information content (AvgIpc) is 1.61. The van der Waals surface area contributed by atoms with E-state index in [4.69, 9.17) is 47.5 Å². The van der Waals surface area contributed by atoms with Gasteiger partial charge in [-0.3, -0.25) is 24.6 Å². The van der Waals surface area contributed by atoms with Crippen molar-refractivity contribution >= 4 is 105 Å². The molecule has 25 heteroatoms. The minimum Gasteiger partial charge on any atom is -0.496 e. The van der Waals surface area contributed by atoms with Crippen LogP contribution in [0, 0.1) is 41.5 Å². The molecule has 6 aromatic carbocycles. The van der Waals surface area contributed by atoms with E-state index in [-0.39, 0.29) is 12.4 Å². The molecule has 0 aliphatic carbocycles. The summed E-state index contributed by atoms with van der Waals surface area (Å²) in [6, 6.07) is 42.0. The highest BCUT2D eigenvalue weighted by Gasteiger charge is 2.28. The van der Waals surface area contributed by atoms with Gasteiger partial charge in [0, 0.05) is 114 Å². The van der Waals surface area contributed by atoms with Crippen molar-refractivity contribution in [2.75, 3.05) is 47.6 Å². The van der Waals surface area contributed by atoms with Gasteiger partial charge in [-0.25, -0.2) is 29.9 Å². The molecule has 13 heterocycles. The third-order valence-electron chi connectivity index (χ3n) is 19.8. The third-order valence-corrected chi connectivity index (χ3v) is 19.8. The largest absolute Gasteiger partial charge is 0.496 e. The number of hydrogen-bond acceptors (Lipinski definition) is 22. The molecule has 0 spiro atoms. The Morgan fingerprint density at radius 3 is 1.17 bits per heavy atom. The van der Waals surface area contributed by atoms with Crippen molar-refractivity contribution in [3.63, 3.8) is 0 Å². The number of carbonyl (C=O) groups excluding carboxylic acids is 1. The molecule has 0 radical (unpaired) electrons. The van der Waals surface area contributed by atoms with Gasteiger partial charge < -0.3 is 52.6 Å². The molecule has 1 aliphatic rings. The number of rotatable bonds is 13. The maximum absolute atomic E-state index is 11.7. The van der Waals surface area contributed by atoms with Crippen LogP contribution >= 0.6 is 0 Å². The first-order valence-corrected chi connectivity index (χ1v) is 34.7. The predicted octanol–water partition coefficient (Wildman–Crippen LogP) is 16.0. The molecule has 1 aliphatic heterocycles. The summed E-state index contributed by atoms with van der Waals surface area (Å²) >= 11 is 0. The number of aromatic amines is 3. The number of methoxy groups -OCH3 is 3. The number of H-pyrrole nitrogens is 3. The van der Waals surface area contributed by atoms with Crippen LogP contribution in [-0.2, 0) is 17.9 Å². The molecule has 4 N–H and O–H groups in total. The lowest BCUT2D eigenvalue weighted by Crippen LogP contribution is -2.36. The Morgan fingerprint density at radius 2 is 0.804 bits per heavy atom. The highest BCUT2D eigenvalue weighted by molar-refractivity contribution is 6.19. The van der Waals surface area contributed by atoms with Crippen molar-refractivity contribution in [1.82, 2.24) is 80.2 Å².